The van der Waals surface area contributed by atoms with Crippen LogP contribution in [0.4, 0.5) is 10.2 Å². The molecule has 1 aromatic carbocycles. The second kappa shape index (κ2) is 6.71. The van der Waals surface area contributed by atoms with Gasteiger partial charge in [0, 0.05) is 12.2 Å². The van der Waals surface area contributed by atoms with Crippen LogP contribution in [0, 0.1) is 12.7 Å². The summed E-state index contributed by atoms with van der Waals surface area (Å²) in [5.74, 6) is 0.668. The van der Waals surface area contributed by atoms with Crippen molar-refractivity contribution in [3.63, 3.8) is 0 Å². The lowest BCUT2D eigenvalue weighted by molar-refractivity contribution is 0.617. The fourth-order valence-electron chi connectivity index (χ4n) is 3.98. The number of aromatic nitrogens is 4. The summed E-state index contributed by atoms with van der Waals surface area (Å²) in [5.41, 5.74) is 4.44. The molecule has 0 spiro atoms. The minimum absolute atomic E-state index is 0.129. The van der Waals surface area contributed by atoms with Gasteiger partial charge in [-0.3, -0.25) is 4.98 Å². The summed E-state index contributed by atoms with van der Waals surface area (Å²) in [6, 6.07) is 16.9. The molecule has 5 rings (SSSR count). The molecule has 0 N–H and O–H groups in total. The number of imidazole rings is 1. The molecule has 3 aromatic heterocycles. The molecule has 1 aliphatic heterocycles. The Kier molecular flexibility index (Phi) is 4.04. The van der Waals surface area contributed by atoms with Crippen LogP contribution in [0.25, 0.3) is 17.0 Å². The molecule has 1 aliphatic rings. The van der Waals surface area contributed by atoms with Crippen LogP contribution in [0.1, 0.15) is 30.1 Å². The summed E-state index contributed by atoms with van der Waals surface area (Å²) >= 11 is 0. The number of benzene rings is 1. The Morgan fingerprint density at radius 1 is 1.07 bits per heavy atom. The number of nitrogens with zero attached hydrogens (tertiary/aromatic N) is 5. The summed E-state index contributed by atoms with van der Waals surface area (Å²) in [6.45, 7) is 2.87. The molecule has 140 valence electrons. The van der Waals surface area contributed by atoms with E-state index in [1.807, 2.05) is 54.0 Å². The zero-order valence-electron chi connectivity index (χ0n) is 15.6. The number of rotatable bonds is 3. The summed E-state index contributed by atoms with van der Waals surface area (Å²) < 4.78 is 15.6. The van der Waals surface area contributed by atoms with Gasteiger partial charge in [0.1, 0.15) is 17.3 Å². The molecule has 0 amide bonds. The number of pyridine rings is 1. The Bertz CT molecular complexity index is 1150. The molecule has 0 unspecified atom stereocenters. The van der Waals surface area contributed by atoms with Crippen molar-refractivity contribution in [2.24, 2.45) is 0 Å². The molecule has 0 aliphatic carbocycles. The minimum atomic E-state index is -0.199. The molecule has 0 radical (unpaired) electrons. The monoisotopic (exact) mass is 373 g/mol. The average molecular weight is 373 g/mol. The number of hydrogen-bond donors (Lipinski definition) is 0. The number of halogens is 1. The van der Waals surface area contributed by atoms with Crippen LogP contribution in [0.5, 0.6) is 0 Å². The zero-order valence-corrected chi connectivity index (χ0v) is 15.6. The molecule has 1 saturated heterocycles. The van der Waals surface area contributed by atoms with Gasteiger partial charge in [-0.05, 0) is 61.7 Å². The third-order valence-corrected chi connectivity index (χ3v) is 5.28. The lowest BCUT2D eigenvalue weighted by atomic mass is 10.0. The van der Waals surface area contributed by atoms with Crippen molar-refractivity contribution in [3.8, 4) is 11.4 Å². The predicted molar refractivity (Wildman–Crippen MR) is 107 cm³/mol. The van der Waals surface area contributed by atoms with Gasteiger partial charge < -0.3 is 4.90 Å². The molecule has 4 aromatic rings. The molecule has 0 saturated carbocycles. The molecule has 1 atom stereocenters. The molecule has 1 fully saturated rings. The van der Waals surface area contributed by atoms with Gasteiger partial charge in [0.15, 0.2) is 5.65 Å². The van der Waals surface area contributed by atoms with Gasteiger partial charge in [0.2, 0.25) is 0 Å². The molecule has 4 heterocycles. The Morgan fingerprint density at radius 3 is 2.82 bits per heavy atom. The van der Waals surface area contributed by atoms with Crippen molar-refractivity contribution in [1.82, 2.24) is 19.6 Å². The van der Waals surface area contributed by atoms with Gasteiger partial charge in [0.05, 0.1) is 17.9 Å². The fraction of sp³-hybridized carbons (Fsp3) is 0.227. The summed E-state index contributed by atoms with van der Waals surface area (Å²) in [4.78, 5) is 11.3. The van der Waals surface area contributed by atoms with Crippen LogP contribution in [0.15, 0.2) is 60.8 Å². The third kappa shape index (κ3) is 2.91. The molecular formula is C22H20FN5. The first-order chi connectivity index (χ1) is 13.7. The largest absolute Gasteiger partial charge is 0.348 e. The lowest BCUT2D eigenvalue weighted by Crippen LogP contribution is -2.24. The van der Waals surface area contributed by atoms with E-state index < -0.39 is 0 Å². The van der Waals surface area contributed by atoms with E-state index in [4.69, 9.17) is 5.10 Å². The normalized spacial score (nSPS) is 16.8. The first-order valence-corrected chi connectivity index (χ1v) is 9.50. The van der Waals surface area contributed by atoms with E-state index in [0.29, 0.717) is 0 Å². The first kappa shape index (κ1) is 16.9. The summed E-state index contributed by atoms with van der Waals surface area (Å²) in [6.07, 6.45) is 3.85. The molecule has 0 bridgehead atoms. The number of hydrogen-bond acceptors (Lipinski definition) is 4. The van der Waals surface area contributed by atoms with Crippen molar-refractivity contribution in [2.75, 3.05) is 11.4 Å². The number of anilines is 1. The maximum atomic E-state index is 13.7. The molecule has 28 heavy (non-hydrogen) atoms. The molecule has 6 heteroatoms. The van der Waals surface area contributed by atoms with Crippen LogP contribution in [-0.4, -0.2) is 26.1 Å². The number of aryl methyl sites for hydroxylation is 1. The maximum Gasteiger partial charge on any atom is 0.154 e. The van der Waals surface area contributed by atoms with Crippen molar-refractivity contribution in [2.45, 2.75) is 25.8 Å². The highest BCUT2D eigenvalue weighted by molar-refractivity contribution is 5.60. The highest BCUT2D eigenvalue weighted by Gasteiger charge is 2.28. The first-order valence-electron chi connectivity index (χ1n) is 9.50. The van der Waals surface area contributed by atoms with E-state index >= 15 is 0 Å². The topological polar surface area (TPSA) is 46.3 Å². The SMILES string of the molecule is Cc1cccc(-c2cnc3ccc(N4CCC[C@@H]4c4cccc(F)c4)nn23)n1. The highest BCUT2D eigenvalue weighted by atomic mass is 19.1. The Balaban J connectivity index is 1.57. The van der Waals surface area contributed by atoms with Crippen molar-refractivity contribution in [3.05, 3.63) is 77.9 Å². The van der Waals surface area contributed by atoms with E-state index in [9.17, 15) is 4.39 Å². The molecule has 5 nitrogen and oxygen atoms in total. The summed E-state index contributed by atoms with van der Waals surface area (Å²) in [5, 5.41) is 4.87. The molecular weight excluding hydrogens is 353 g/mol. The van der Waals surface area contributed by atoms with E-state index in [2.05, 4.69) is 14.9 Å². The van der Waals surface area contributed by atoms with E-state index in [0.717, 1.165) is 53.5 Å². The van der Waals surface area contributed by atoms with Crippen LogP contribution < -0.4 is 4.90 Å². The second-order valence-corrected chi connectivity index (χ2v) is 7.18. The van der Waals surface area contributed by atoms with Crippen LogP contribution >= 0.6 is 0 Å². The smallest absolute Gasteiger partial charge is 0.154 e. The quantitative estimate of drug-likeness (QED) is 0.527. The van der Waals surface area contributed by atoms with Crippen LogP contribution in [0.2, 0.25) is 0 Å². The van der Waals surface area contributed by atoms with Gasteiger partial charge in [-0.2, -0.15) is 0 Å². The van der Waals surface area contributed by atoms with Gasteiger partial charge in [-0.25, -0.2) is 13.9 Å². The van der Waals surface area contributed by atoms with E-state index in [1.54, 1.807) is 12.1 Å². The van der Waals surface area contributed by atoms with Gasteiger partial charge in [-0.1, -0.05) is 18.2 Å². The lowest BCUT2D eigenvalue weighted by Gasteiger charge is -2.26. The van der Waals surface area contributed by atoms with Gasteiger partial charge >= 0.3 is 0 Å². The Morgan fingerprint density at radius 2 is 1.96 bits per heavy atom. The van der Waals surface area contributed by atoms with Gasteiger partial charge in [0.25, 0.3) is 0 Å². The van der Waals surface area contributed by atoms with Crippen molar-refractivity contribution < 1.29 is 4.39 Å². The van der Waals surface area contributed by atoms with Gasteiger partial charge in [-0.15, -0.1) is 5.10 Å². The van der Waals surface area contributed by atoms with E-state index in [-0.39, 0.29) is 11.9 Å². The number of fused-ring (bicyclic) bond motifs is 1. The highest BCUT2D eigenvalue weighted by Crippen LogP contribution is 2.35. The standard InChI is InChI=1S/C22H20FN5/c1-15-5-2-8-18(25-15)20-14-24-21-10-11-22(26-28(20)21)27-12-4-9-19(27)16-6-3-7-17(23)13-16/h2-3,5-8,10-11,13-14,19H,4,9,12H2,1H3/t19-/m1/s1. The average Bonchev–Trinajstić information content (AvgIpc) is 3.34. The van der Waals surface area contributed by atoms with Crippen molar-refractivity contribution in [1.29, 1.82) is 0 Å². The fourth-order valence-corrected chi connectivity index (χ4v) is 3.98. The predicted octanol–water partition coefficient (Wildman–Crippen LogP) is 4.58. The Labute approximate surface area is 162 Å². The van der Waals surface area contributed by atoms with Crippen molar-refractivity contribution >= 4 is 11.5 Å². The Hall–Kier alpha value is -3.28. The van der Waals surface area contributed by atoms with Crippen LogP contribution in [-0.2, 0) is 0 Å². The second-order valence-electron chi connectivity index (χ2n) is 7.18. The zero-order chi connectivity index (χ0) is 19.1. The summed E-state index contributed by atoms with van der Waals surface area (Å²) in [7, 11) is 0. The third-order valence-electron chi connectivity index (χ3n) is 5.28. The van der Waals surface area contributed by atoms with Crippen LogP contribution in [0.3, 0.4) is 0 Å². The van der Waals surface area contributed by atoms with E-state index in [1.165, 1.54) is 6.07 Å². The maximum absolute atomic E-state index is 13.7. The minimum Gasteiger partial charge on any atom is -0.348 e.